The summed E-state index contributed by atoms with van der Waals surface area (Å²) in [5.74, 6) is 0.856. The molecule has 0 saturated carbocycles. The fourth-order valence-electron chi connectivity index (χ4n) is 7.62. The van der Waals surface area contributed by atoms with E-state index in [0.29, 0.717) is 6.61 Å². The van der Waals surface area contributed by atoms with Gasteiger partial charge in [-0.15, -0.1) is 0 Å². The van der Waals surface area contributed by atoms with Crippen LogP contribution in [-0.2, 0) is 0 Å². The second-order valence-electron chi connectivity index (χ2n) is 14.4. The molecule has 0 atom stereocenters. The molecule has 0 fully saturated rings. The van der Waals surface area contributed by atoms with Crippen LogP contribution in [-0.4, -0.2) is 26.5 Å². The summed E-state index contributed by atoms with van der Waals surface area (Å²) in [6.45, 7) is 4.94. The molecular formula is C51H42N4O. The highest BCUT2D eigenvalue weighted by molar-refractivity contribution is 5.99. The van der Waals surface area contributed by atoms with Gasteiger partial charge in [-0.25, -0.2) is 9.97 Å². The number of benzene rings is 4. The van der Waals surface area contributed by atoms with Crippen LogP contribution in [0.25, 0.3) is 90.9 Å². The van der Waals surface area contributed by atoms with E-state index in [1.807, 2.05) is 0 Å². The van der Waals surface area contributed by atoms with Gasteiger partial charge in [0.1, 0.15) is 5.75 Å². The molecule has 5 nitrogen and oxygen atoms in total. The summed E-state index contributed by atoms with van der Waals surface area (Å²) in [7, 11) is 0. The van der Waals surface area contributed by atoms with Gasteiger partial charge in [0.05, 0.1) is 29.4 Å². The molecule has 2 N–H and O–H groups in total. The maximum atomic E-state index is 6.15. The predicted molar refractivity (Wildman–Crippen MR) is 235 cm³/mol. The lowest BCUT2D eigenvalue weighted by atomic mass is 10.0. The van der Waals surface area contributed by atoms with E-state index in [1.54, 1.807) is 0 Å². The Morgan fingerprint density at radius 2 is 0.821 bits per heavy atom. The summed E-state index contributed by atoms with van der Waals surface area (Å²) in [5, 5.41) is 0. The molecule has 0 unspecified atom stereocenters. The summed E-state index contributed by atoms with van der Waals surface area (Å²) in [6, 6.07) is 48.6. The molecular weight excluding hydrogens is 685 g/mol. The van der Waals surface area contributed by atoms with Gasteiger partial charge in [0, 0.05) is 44.3 Å². The summed E-state index contributed by atoms with van der Waals surface area (Å²) in [4.78, 5) is 18.5. The fraction of sp³-hybridized carbons (Fsp3) is 0.0980. The third-order valence-electron chi connectivity index (χ3n) is 10.3. The molecule has 0 spiro atoms. The molecule has 5 heterocycles. The Morgan fingerprint density at radius 1 is 0.464 bits per heavy atom. The molecule has 9 rings (SSSR count). The normalized spacial score (nSPS) is 11.8. The molecule has 2 aliphatic rings. The van der Waals surface area contributed by atoms with Gasteiger partial charge < -0.3 is 14.7 Å². The number of ether oxygens (including phenoxy) is 1. The fourth-order valence-corrected chi connectivity index (χ4v) is 7.62. The molecule has 2 aliphatic heterocycles. The Morgan fingerprint density at radius 3 is 1.18 bits per heavy atom. The molecule has 8 bridgehead atoms. The van der Waals surface area contributed by atoms with E-state index < -0.39 is 0 Å². The summed E-state index contributed by atoms with van der Waals surface area (Å²) in [5.41, 5.74) is 17.2. The summed E-state index contributed by atoms with van der Waals surface area (Å²) in [6.07, 6.45) is 12.8. The van der Waals surface area contributed by atoms with Crippen molar-refractivity contribution in [1.82, 2.24) is 19.9 Å². The topological polar surface area (TPSA) is 66.6 Å². The molecule has 7 aromatic rings. The van der Waals surface area contributed by atoms with Crippen molar-refractivity contribution in [3.05, 3.63) is 174 Å². The van der Waals surface area contributed by atoms with Crippen LogP contribution in [0.5, 0.6) is 5.75 Å². The first-order valence-electron chi connectivity index (χ1n) is 19.3. The minimum absolute atomic E-state index is 0.673. The third-order valence-corrected chi connectivity index (χ3v) is 10.3. The van der Waals surface area contributed by atoms with E-state index in [-0.39, 0.29) is 0 Å². The standard InChI is InChI=1S/C51H42N4O/c1-34(2)14-12-13-33-56-39-23-21-38(22-24-39)51-46-31-29-44(54-46)49(36-17-8-4-9-18-36)42-27-25-40(52-42)48(35-15-6-3-7-16-35)41-26-28-43(53-41)50(37-19-10-5-11-20-37)45-30-32-47(51)55-45/h3-11,14-32,52,55H,12-13,33H2,1-2H3. The van der Waals surface area contributed by atoms with Crippen LogP contribution in [0, 0.1) is 0 Å². The average Bonchev–Trinajstić information content (AvgIpc) is 4.08. The SMILES string of the molecule is CC(C)=CCCCOc1ccc(-c2c3nc(c(-c4ccccc4)c4ccc([nH]4)c(-c4ccccc4)c4nc(c(-c5ccccc5)c5ccc2[nH]5)C=C4)C=C3)cc1. The molecule has 5 heteroatoms. The van der Waals surface area contributed by atoms with Crippen molar-refractivity contribution >= 4 is 46.4 Å². The predicted octanol–water partition coefficient (Wildman–Crippen LogP) is 13.4. The first-order valence-corrected chi connectivity index (χ1v) is 19.3. The number of nitrogens with zero attached hydrogens (tertiary/aromatic N) is 2. The Labute approximate surface area is 327 Å². The van der Waals surface area contributed by atoms with Crippen LogP contribution >= 0.6 is 0 Å². The Balaban J connectivity index is 1.33. The largest absolute Gasteiger partial charge is 0.494 e. The number of hydrogen-bond acceptors (Lipinski definition) is 3. The van der Waals surface area contributed by atoms with E-state index in [0.717, 1.165) is 108 Å². The van der Waals surface area contributed by atoms with Gasteiger partial charge in [-0.2, -0.15) is 0 Å². The smallest absolute Gasteiger partial charge is 0.119 e. The minimum atomic E-state index is 0.673. The highest BCUT2D eigenvalue weighted by Crippen LogP contribution is 2.38. The maximum Gasteiger partial charge on any atom is 0.119 e. The van der Waals surface area contributed by atoms with E-state index in [2.05, 4.69) is 194 Å². The van der Waals surface area contributed by atoms with Gasteiger partial charge in [0.2, 0.25) is 0 Å². The number of nitrogens with one attached hydrogen (secondary N) is 2. The lowest BCUT2D eigenvalue weighted by Gasteiger charge is -2.08. The van der Waals surface area contributed by atoms with Crippen LogP contribution in [0.2, 0.25) is 0 Å². The van der Waals surface area contributed by atoms with Gasteiger partial charge in [0.25, 0.3) is 0 Å². The lowest BCUT2D eigenvalue weighted by Crippen LogP contribution is -1.96. The van der Waals surface area contributed by atoms with Crippen LogP contribution in [0.15, 0.2) is 151 Å². The number of rotatable bonds is 9. The van der Waals surface area contributed by atoms with Crippen molar-refractivity contribution in [2.75, 3.05) is 6.61 Å². The van der Waals surface area contributed by atoms with Crippen molar-refractivity contribution in [2.24, 2.45) is 0 Å². The highest BCUT2D eigenvalue weighted by Gasteiger charge is 2.19. The van der Waals surface area contributed by atoms with Crippen LogP contribution in [0.4, 0.5) is 0 Å². The minimum Gasteiger partial charge on any atom is -0.494 e. The van der Waals surface area contributed by atoms with E-state index >= 15 is 0 Å². The van der Waals surface area contributed by atoms with Crippen molar-refractivity contribution in [1.29, 1.82) is 0 Å². The van der Waals surface area contributed by atoms with Gasteiger partial charge in [-0.3, -0.25) is 0 Å². The van der Waals surface area contributed by atoms with Crippen LogP contribution < -0.4 is 4.74 Å². The molecule has 56 heavy (non-hydrogen) atoms. The Kier molecular flexibility index (Phi) is 9.56. The molecule has 4 aromatic carbocycles. The van der Waals surface area contributed by atoms with Crippen LogP contribution in [0.1, 0.15) is 49.5 Å². The molecule has 0 radical (unpaired) electrons. The first kappa shape index (κ1) is 34.8. The number of unbranched alkanes of at least 4 members (excludes halogenated alkanes) is 1. The van der Waals surface area contributed by atoms with Crippen molar-refractivity contribution in [2.45, 2.75) is 26.7 Å². The van der Waals surface area contributed by atoms with E-state index in [1.165, 1.54) is 5.57 Å². The van der Waals surface area contributed by atoms with E-state index in [4.69, 9.17) is 14.7 Å². The summed E-state index contributed by atoms with van der Waals surface area (Å²) < 4.78 is 6.15. The number of fused-ring (bicyclic) bond motifs is 8. The number of hydrogen-bond donors (Lipinski definition) is 2. The summed E-state index contributed by atoms with van der Waals surface area (Å²) >= 11 is 0. The Bertz CT molecular complexity index is 2750. The molecule has 272 valence electrons. The van der Waals surface area contributed by atoms with Crippen molar-refractivity contribution in [3.63, 3.8) is 0 Å². The van der Waals surface area contributed by atoms with Gasteiger partial charge in [-0.05, 0) is 110 Å². The van der Waals surface area contributed by atoms with Crippen molar-refractivity contribution in [3.8, 4) is 50.3 Å². The zero-order valence-electron chi connectivity index (χ0n) is 31.6. The monoisotopic (exact) mass is 726 g/mol. The van der Waals surface area contributed by atoms with Gasteiger partial charge in [-0.1, -0.05) is 115 Å². The molecule has 0 amide bonds. The lowest BCUT2D eigenvalue weighted by molar-refractivity contribution is 0.312. The Hall–Kier alpha value is -6.98. The maximum absolute atomic E-state index is 6.15. The molecule has 0 saturated heterocycles. The number of H-pyrrole nitrogens is 2. The number of allylic oxidation sites excluding steroid dienone is 2. The quantitative estimate of drug-likeness (QED) is 0.115. The number of aromatic nitrogens is 4. The zero-order valence-corrected chi connectivity index (χ0v) is 31.6. The first-order chi connectivity index (χ1) is 27.6. The molecule has 0 aliphatic carbocycles. The molecule has 3 aromatic heterocycles. The second-order valence-corrected chi connectivity index (χ2v) is 14.4. The van der Waals surface area contributed by atoms with Crippen LogP contribution in [0.3, 0.4) is 0 Å². The van der Waals surface area contributed by atoms with Gasteiger partial charge in [0.15, 0.2) is 0 Å². The van der Waals surface area contributed by atoms with Crippen molar-refractivity contribution < 1.29 is 4.74 Å². The van der Waals surface area contributed by atoms with Gasteiger partial charge >= 0.3 is 0 Å². The highest BCUT2D eigenvalue weighted by atomic mass is 16.5. The third kappa shape index (κ3) is 7.03. The zero-order chi connectivity index (χ0) is 37.8. The second kappa shape index (κ2) is 15.4. The number of aromatic amines is 2. The average molecular weight is 727 g/mol. The van der Waals surface area contributed by atoms with E-state index in [9.17, 15) is 0 Å².